The Morgan fingerprint density at radius 2 is 1.93 bits per heavy atom. The Kier molecular flexibility index (Phi) is 5.84. The summed E-state index contributed by atoms with van der Waals surface area (Å²) in [6.45, 7) is 0.623. The quantitative estimate of drug-likeness (QED) is 0.771. The lowest BCUT2D eigenvalue weighted by atomic mass is 10.1. The van der Waals surface area contributed by atoms with Crippen molar-refractivity contribution in [1.82, 2.24) is 4.72 Å². The predicted octanol–water partition coefficient (Wildman–Crippen LogP) is 2.43. The highest BCUT2D eigenvalue weighted by Crippen LogP contribution is 2.26. The second kappa shape index (κ2) is 8.30. The number of hydrogen-bond acceptors (Lipinski definition) is 6. The minimum Gasteiger partial charge on any atom is -0.497 e. The highest BCUT2D eigenvalue weighted by Gasteiger charge is 2.19. The number of amides is 1. The normalized spacial score (nSPS) is 13.6. The van der Waals surface area contributed by atoms with Crippen LogP contribution >= 0.6 is 0 Å². The summed E-state index contributed by atoms with van der Waals surface area (Å²) >= 11 is 0. The fourth-order valence-electron chi connectivity index (χ4n) is 2.76. The third kappa shape index (κ3) is 4.42. The van der Waals surface area contributed by atoms with Crippen molar-refractivity contribution in [2.75, 3.05) is 26.1 Å². The zero-order chi connectivity index (χ0) is 20.1. The molecule has 0 aromatic heterocycles. The summed E-state index contributed by atoms with van der Waals surface area (Å²) in [5, 5.41) is 2.69. The summed E-state index contributed by atoms with van der Waals surface area (Å²) in [5.74, 6) is 0.934. The van der Waals surface area contributed by atoms with Crippen molar-refractivity contribution in [3.8, 4) is 11.5 Å². The number of benzene rings is 2. The molecule has 0 bridgehead atoms. The molecular formula is C19H21N3O5S. The van der Waals surface area contributed by atoms with Crippen molar-refractivity contribution < 1.29 is 22.7 Å². The van der Waals surface area contributed by atoms with E-state index in [1.165, 1.54) is 26.4 Å². The molecule has 1 amide bonds. The second-order valence-electron chi connectivity index (χ2n) is 6.09. The highest BCUT2D eigenvalue weighted by atomic mass is 32.2. The molecule has 0 atom stereocenters. The Morgan fingerprint density at radius 3 is 2.61 bits per heavy atom. The van der Waals surface area contributed by atoms with Crippen LogP contribution in [0.15, 0.2) is 52.4 Å². The summed E-state index contributed by atoms with van der Waals surface area (Å²) in [6.07, 6.45) is 1.44. The van der Waals surface area contributed by atoms with Crippen molar-refractivity contribution in [2.45, 2.75) is 17.7 Å². The van der Waals surface area contributed by atoms with Crippen LogP contribution in [0.25, 0.3) is 0 Å². The first kappa shape index (κ1) is 19.7. The number of hydrogen-bond donors (Lipinski definition) is 2. The Labute approximate surface area is 163 Å². The Hall–Kier alpha value is -3.07. The second-order valence-corrected chi connectivity index (χ2v) is 7.77. The number of aliphatic imine (C=N–C) groups is 1. The topological polar surface area (TPSA) is 106 Å². The third-order valence-electron chi connectivity index (χ3n) is 4.18. The molecule has 0 unspecified atom stereocenters. The maximum atomic E-state index is 12.6. The molecule has 1 aliphatic rings. The molecule has 2 aromatic rings. The van der Waals surface area contributed by atoms with Crippen LogP contribution in [0, 0.1) is 0 Å². The van der Waals surface area contributed by atoms with Crippen LogP contribution in [0.1, 0.15) is 23.2 Å². The van der Waals surface area contributed by atoms with Crippen LogP contribution < -0.4 is 19.5 Å². The molecule has 0 aliphatic carbocycles. The number of rotatable bonds is 6. The zero-order valence-electron chi connectivity index (χ0n) is 15.6. The van der Waals surface area contributed by atoms with Gasteiger partial charge in [-0.2, -0.15) is 0 Å². The Balaban J connectivity index is 1.80. The van der Waals surface area contributed by atoms with E-state index in [4.69, 9.17) is 9.47 Å². The van der Waals surface area contributed by atoms with E-state index in [0.29, 0.717) is 41.6 Å². The lowest BCUT2D eigenvalue weighted by Gasteiger charge is -2.12. The van der Waals surface area contributed by atoms with Crippen molar-refractivity contribution in [3.63, 3.8) is 0 Å². The molecule has 2 aromatic carbocycles. The number of ether oxygens (including phenoxy) is 2. The van der Waals surface area contributed by atoms with Gasteiger partial charge in [-0.15, -0.1) is 0 Å². The number of anilines is 1. The monoisotopic (exact) mass is 403 g/mol. The fraction of sp³-hybridized carbons (Fsp3) is 0.263. The van der Waals surface area contributed by atoms with E-state index in [9.17, 15) is 13.2 Å². The standard InChI is InChI=1S/C19H21N3O5S/c1-26-14-8-9-16(17(12-14)27-2)19(23)21-13-5-3-6-15(11-13)28(24,25)22-18-7-4-10-20-18/h3,5-6,8-9,11-12H,4,7,10H2,1-2H3,(H,20,22)(H,21,23). The number of carbonyl (C=O) groups is 1. The van der Waals surface area contributed by atoms with Crippen LogP contribution in [-0.2, 0) is 10.0 Å². The minimum atomic E-state index is -3.76. The fourth-order valence-corrected chi connectivity index (χ4v) is 3.90. The van der Waals surface area contributed by atoms with Crippen molar-refractivity contribution >= 4 is 27.5 Å². The average Bonchev–Trinajstić information content (AvgIpc) is 3.19. The van der Waals surface area contributed by atoms with Crippen molar-refractivity contribution in [1.29, 1.82) is 0 Å². The molecule has 2 N–H and O–H groups in total. The van der Waals surface area contributed by atoms with E-state index in [-0.39, 0.29) is 4.90 Å². The molecule has 1 heterocycles. The summed E-state index contributed by atoms with van der Waals surface area (Å²) in [5.41, 5.74) is 0.647. The summed E-state index contributed by atoms with van der Waals surface area (Å²) in [7, 11) is -0.788. The molecule has 0 fully saturated rings. The van der Waals surface area contributed by atoms with E-state index in [1.54, 1.807) is 30.3 Å². The first-order chi connectivity index (χ1) is 13.4. The van der Waals surface area contributed by atoms with Crippen LogP contribution in [0.3, 0.4) is 0 Å². The third-order valence-corrected chi connectivity index (χ3v) is 5.56. The van der Waals surface area contributed by atoms with Crippen molar-refractivity contribution in [3.05, 3.63) is 48.0 Å². The van der Waals surface area contributed by atoms with Crippen molar-refractivity contribution in [2.24, 2.45) is 4.99 Å². The molecule has 0 saturated carbocycles. The van der Waals surface area contributed by atoms with Gasteiger partial charge in [-0.3, -0.25) is 14.5 Å². The molecule has 9 heteroatoms. The number of nitrogens with one attached hydrogen (secondary N) is 2. The average molecular weight is 403 g/mol. The van der Waals surface area contributed by atoms with Crippen LogP contribution in [0.2, 0.25) is 0 Å². The summed E-state index contributed by atoms with van der Waals surface area (Å²) in [4.78, 5) is 16.8. The molecule has 148 valence electrons. The minimum absolute atomic E-state index is 0.0431. The molecule has 0 saturated heterocycles. The van der Waals surface area contributed by atoms with Gasteiger partial charge < -0.3 is 14.8 Å². The van der Waals surface area contributed by atoms with Gasteiger partial charge in [0.2, 0.25) is 0 Å². The SMILES string of the molecule is COc1ccc(C(=O)Nc2cccc(S(=O)(=O)NC3=NCCC3)c2)c(OC)c1. The van der Waals surface area contributed by atoms with Gasteiger partial charge in [0.1, 0.15) is 17.3 Å². The maximum Gasteiger partial charge on any atom is 0.262 e. The van der Waals surface area contributed by atoms with Crippen LogP contribution in [0.4, 0.5) is 5.69 Å². The highest BCUT2D eigenvalue weighted by molar-refractivity contribution is 7.90. The van der Waals surface area contributed by atoms with Gasteiger partial charge in [-0.25, -0.2) is 8.42 Å². The summed E-state index contributed by atoms with van der Waals surface area (Å²) < 4.78 is 37.9. The first-order valence-corrected chi connectivity index (χ1v) is 10.1. The van der Waals surface area contributed by atoms with E-state index in [2.05, 4.69) is 15.0 Å². The van der Waals surface area contributed by atoms with Crippen LogP contribution in [-0.4, -0.2) is 40.9 Å². The van der Waals surface area contributed by atoms with E-state index in [0.717, 1.165) is 6.42 Å². The van der Waals surface area contributed by atoms with Gasteiger partial charge in [0.05, 0.1) is 24.7 Å². The maximum absolute atomic E-state index is 12.6. The largest absolute Gasteiger partial charge is 0.497 e. The van der Waals surface area contributed by atoms with E-state index in [1.807, 2.05) is 0 Å². The number of nitrogens with zero attached hydrogens (tertiary/aromatic N) is 1. The zero-order valence-corrected chi connectivity index (χ0v) is 16.4. The molecule has 0 spiro atoms. The van der Waals surface area contributed by atoms with Gasteiger partial charge >= 0.3 is 0 Å². The van der Waals surface area contributed by atoms with Gasteiger partial charge in [0, 0.05) is 24.7 Å². The smallest absolute Gasteiger partial charge is 0.262 e. The predicted molar refractivity (Wildman–Crippen MR) is 106 cm³/mol. The molecule has 8 nitrogen and oxygen atoms in total. The van der Waals surface area contributed by atoms with E-state index >= 15 is 0 Å². The van der Waals surface area contributed by atoms with Gasteiger partial charge in [-0.05, 0) is 36.8 Å². The Bertz CT molecular complexity index is 1020. The van der Waals surface area contributed by atoms with Crippen LogP contribution in [0.5, 0.6) is 11.5 Å². The molecule has 28 heavy (non-hydrogen) atoms. The number of amidine groups is 1. The molecular weight excluding hydrogens is 382 g/mol. The molecule has 1 aliphatic heterocycles. The number of sulfonamides is 1. The number of carbonyl (C=O) groups excluding carboxylic acids is 1. The van der Waals surface area contributed by atoms with E-state index < -0.39 is 15.9 Å². The lowest BCUT2D eigenvalue weighted by Crippen LogP contribution is -2.29. The number of methoxy groups -OCH3 is 2. The molecule has 0 radical (unpaired) electrons. The van der Waals surface area contributed by atoms with Gasteiger partial charge in [0.15, 0.2) is 0 Å². The Morgan fingerprint density at radius 1 is 1.11 bits per heavy atom. The van der Waals surface area contributed by atoms with Gasteiger partial charge in [0.25, 0.3) is 15.9 Å². The summed E-state index contributed by atoms with van der Waals surface area (Å²) in [6, 6.07) is 10.8. The van der Waals surface area contributed by atoms with Gasteiger partial charge in [-0.1, -0.05) is 6.07 Å². The molecule has 3 rings (SSSR count). The lowest BCUT2D eigenvalue weighted by molar-refractivity contribution is 0.102. The first-order valence-electron chi connectivity index (χ1n) is 8.62.